The molecule has 1 fully saturated rings. The van der Waals surface area contributed by atoms with Gasteiger partial charge in [-0.05, 0) is 74.9 Å². The average Bonchev–Trinajstić information content (AvgIpc) is 2.67. The molecule has 3 atom stereocenters. The number of hydrogen-bond donors (Lipinski definition) is 0. The number of carbonyl (C=O) groups is 1. The van der Waals surface area contributed by atoms with Gasteiger partial charge in [-0.15, -0.1) is 0 Å². The Morgan fingerprint density at radius 2 is 1.81 bits per heavy atom. The number of ketones is 1. The van der Waals surface area contributed by atoms with Crippen molar-refractivity contribution in [3.05, 3.63) is 11.1 Å². The van der Waals surface area contributed by atoms with Gasteiger partial charge < -0.3 is 13.9 Å². The second kappa shape index (κ2) is 10.4. The Morgan fingerprint density at radius 1 is 1.16 bits per heavy atom. The number of hydrogen-bond acceptors (Lipinski definition) is 4. The summed E-state index contributed by atoms with van der Waals surface area (Å²) in [5.74, 6) is 0.805. The van der Waals surface area contributed by atoms with Crippen LogP contribution in [0.25, 0.3) is 0 Å². The van der Waals surface area contributed by atoms with Crippen LogP contribution >= 0.6 is 0 Å². The topological polar surface area (TPSA) is 44.8 Å². The van der Waals surface area contributed by atoms with E-state index in [0.29, 0.717) is 18.1 Å². The number of ether oxygens (including phenoxy) is 2. The highest BCUT2D eigenvalue weighted by Crippen LogP contribution is 2.52. The third kappa shape index (κ3) is 5.95. The summed E-state index contributed by atoms with van der Waals surface area (Å²) in [6.45, 7) is 21.5. The van der Waals surface area contributed by atoms with Crippen LogP contribution in [0.1, 0.15) is 93.4 Å². The van der Waals surface area contributed by atoms with E-state index in [1.807, 2.05) is 0 Å². The van der Waals surface area contributed by atoms with Crippen molar-refractivity contribution >= 4 is 14.1 Å². The summed E-state index contributed by atoms with van der Waals surface area (Å²) in [6.07, 6.45) is 6.36. The van der Waals surface area contributed by atoms with E-state index < -0.39 is 13.7 Å². The lowest BCUT2D eigenvalue weighted by atomic mass is 9.57. The van der Waals surface area contributed by atoms with Gasteiger partial charge in [0.25, 0.3) is 0 Å². The maximum absolute atomic E-state index is 13.7. The van der Waals surface area contributed by atoms with Crippen LogP contribution in [0.4, 0.5) is 0 Å². The van der Waals surface area contributed by atoms with E-state index in [9.17, 15) is 4.79 Å². The fraction of sp³-hybridized carbons (Fsp3) is 0.889. The Morgan fingerprint density at radius 3 is 2.41 bits per heavy atom. The van der Waals surface area contributed by atoms with Gasteiger partial charge >= 0.3 is 0 Å². The monoisotopic (exact) mass is 466 g/mol. The van der Waals surface area contributed by atoms with E-state index in [0.717, 1.165) is 45.1 Å². The van der Waals surface area contributed by atoms with Crippen LogP contribution in [-0.4, -0.2) is 40.7 Å². The minimum absolute atomic E-state index is 0.124. The maximum Gasteiger partial charge on any atom is 0.191 e. The second-order valence-corrected chi connectivity index (χ2v) is 17.4. The lowest BCUT2D eigenvalue weighted by Gasteiger charge is -2.47. The number of fused-ring (bicyclic) bond motifs is 2. The molecule has 0 aromatic carbocycles. The molecular formula is C27H50O4Si. The molecule has 0 aromatic heterocycles. The van der Waals surface area contributed by atoms with Gasteiger partial charge in [0.15, 0.2) is 8.32 Å². The first-order valence-corrected chi connectivity index (χ1v) is 15.5. The highest BCUT2D eigenvalue weighted by Gasteiger charge is 2.48. The molecule has 0 unspecified atom stereocenters. The van der Waals surface area contributed by atoms with Crippen LogP contribution in [0.3, 0.4) is 0 Å². The molecule has 0 aromatic rings. The zero-order valence-corrected chi connectivity index (χ0v) is 23.7. The molecule has 0 radical (unpaired) electrons. The van der Waals surface area contributed by atoms with E-state index in [-0.39, 0.29) is 23.4 Å². The molecule has 32 heavy (non-hydrogen) atoms. The third-order valence-corrected chi connectivity index (χ3v) is 13.7. The molecule has 2 aliphatic rings. The lowest BCUT2D eigenvalue weighted by molar-refractivity contribution is -0.154. The summed E-state index contributed by atoms with van der Waals surface area (Å²) in [6, 6.07) is 0. The number of allylic oxidation sites excluding steroid dienone is 2. The van der Waals surface area contributed by atoms with Crippen molar-refractivity contribution in [2.45, 2.75) is 118 Å². The molecule has 186 valence electrons. The van der Waals surface area contributed by atoms with Crippen LogP contribution in [0.15, 0.2) is 11.1 Å². The number of Topliss-reactive ketones (excluding diaryl/α,β-unsaturated/α-hetero) is 1. The Labute approximate surface area is 199 Å². The predicted octanol–water partition coefficient (Wildman–Crippen LogP) is 7.29. The predicted molar refractivity (Wildman–Crippen MR) is 135 cm³/mol. The van der Waals surface area contributed by atoms with Crippen molar-refractivity contribution < 1.29 is 18.7 Å². The number of rotatable bonds is 9. The molecule has 0 aliphatic heterocycles. The second-order valence-electron chi connectivity index (χ2n) is 12.6. The fourth-order valence-electron chi connectivity index (χ4n) is 5.46. The molecule has 0 heterocycles. The minimum Gasteiger partial charge on any atom is -0.417 e. The van der Waals surface area contributed by atoms with Crippen molar-refractivity contribution in [3.63, 3.8) is 0 Å². The molecular weight excluding hydrogens is 416 g/mol. The lowest BCUT2D eigenvalue weighted by Crippen LogP contribution is -2.47. The minimum atomic E-state index is -1.77. The summed E-state index contributed by atoms with van der Waals surface area (Å²) in [5, 5.41) is 0.205. The van der Waals surface area contributed by atoms with Crippen molar-refractivity contribution in [1.29, 1.82) is 0 Å². The van der Waals surface area contributed by atoms with Crippen molar-refractivity contribution in [1.82, 2.24) is 0 Å². The van der Waals surface area contributed by atoms with Crippen molar-refractivity contribution in [2.75, 3.05) is 20.5 Å². The van der Waals surface area contributed by atoms with E-state index in [1.165, 1.54) is 0 Å². The van der Waals surface area contributed by atoms with E-state index in [4.69, 9.17) is 13.9 Å². The van der Waals surface area contributed by atoms with Gasteiger partial charge in [-0.1, -0.05) is 52.7 Å². The maximum atomic E-state index is 13.7. The highest BCUT2D eigenvalue weighted by molar-refractivity contribution is 6.74. The van der Waals surface area contributed by atoms with E-state index >= 15 is 0 Å². The van der Waals surface area contributed by atoms with Crippen LogP contribution in [0, 0.1) is 16.7 Å². The SMILES string of the molecule is COCO[C@@H](CCCO[Si](C)(C)C(C)(C)C)[C@@]1(C)CCC2=C(C)CC[C@@H](CC1=O)C2(C)C. The molecule has 2 rings (SSSR count). The molecule has 0 amide bonds. The summed E-state index contributed by atoms with van der Waals surface area (Å²) in [7, 11) is -0.113. The molecule has 4 nitrogen and oxygen atoms in total. The number of methoxy groups -OCH3 is 1. The van der Waals surface area contributed by atoms with Gasteiger partial charge in [-0.25, -0.2) is 0 Å². The Kier molecular flexibility index (Phi) is 9.03. The molecule has 5 heteroatoms. The zero-order valence-electron chi connectivity index (χ0n) is 22.7. The first kappa shape index (κ1) is 27.7. The first-order chi connectivity index (χ1) is 14.7. The summed E-state index contributed by atoms with van der Waals surface area (Å²) < 4.78 is 17.9. The Bertz CT molecular complexity index is 688. The number of carbonyl (C=O) groups excluding carboxylic acids is 1. The third-order valence-electron chi connectivity index (χ3n) is 9.12. The largest absolute Gasteiger partial charge is 0.417 e. The Balaban J connectivity index is 2.16. The normalized spacial score (nSPS) is 27.8. The smallest absolute Gasteiger partial charge is 0.191 e. The van der Waals surface area contributed by atoms with Gasteiger partial charge in [0.1, 0.15) is 12.6 Å². The van der Waals surface area contributed by atoms with Gasteiger partial charge in [0, 0.05) is 20.1 Å². The molecule has 0 spiro atoms. The molecule has 1 saturated carbocycles. The molecule has 0 saturated heterocycles. The molecule has 2 aliphatic carbocycles. The van der Waals surface area contributed by atoms with Gasteiger partial charge in [0.2, 0.25) is 0 Å². The average molecular weight is 467 g/mol. The van der Waals surface area contributed by atoms with E-state index in [1.54, 1.807) is 18.3 Å². The van der Waals surface area contributed by atoms with Crippen LogP contribution in [0.2, 0.25) is 18.1 Å². The van der Waals surface area contributed by atoms with Gasteiger partial charge in [-0.3, -0.25) is 4.79 Å². The standard InChI is InChI=1S/C27H50O4Si/c1-20-13-14-21-18-23(28)27(7,16-15-22(20)26(21,5)6)24(30-19-29-8)12-11-17-31-32(9,10)25(2,3)4/h21,24H,11-19H2,1-10H3/t21-,24-,27-/m0/s1. The summed E-state index contributed by atoms with van der Waals surface area (Å²) in [4.78, 5) is 13.7. The quantitative estimate of drug-likeness (QED) is 0.155. The van der Waals surface area contributed by atoms with Crippen molar-refractivity contribution in [3.8, 4) is 0 Å². The first-order valence-electron chi connectivity index (χ1n) is 12.6. The van der Waals surface area contributed by atoms with Gasteiger partial charge in [-0.2, -0.15) is 0 Å². The summed E-state index contributed by atoms with van der Waals surface area (Å²) >= 11 is 0. The van der Waals surface area contributed by atoms with Crippen molar-refractivity contribution in [2.24, 2.45) is 16.7 Å². The molecule has 2 bridgehead atoms. The fourth-order valence-corrected chi connectivity index (χ4v) is 6.55. The van der Waals surface area contributed by atoms with Crippen LogP contribution < -0.4 is 0 Å². The van der Waals surface area contributed by atoms with E-state index in [2.05, 4.69) is 61.6 Å². The van der Waals surface area contributed by atoms with Crippen LogP contribution in [-0.2, 0) is 18.7 Å². The van der Waals surface area contributed by atoms with Crippen LogP contribution in [0.5, 0.6) is 0 Å². The zero-order chi connectivity index (χ0) is 24.4. The Hall–Kier alpha value is -0.493. The summed E-state index contributed by atoms with van der Waals surface area (Å²) in [5.41, 5.74) is 2.77. The van der Waals surface area contributed by atoms with Gasteiger partial charge in [0.05, 0.1) is 11.5 Å². The highest BCUT2D eigenvalue weighted by atomic mass is 28.4. The molecule has 0 N–H and O–H groups in total.